The molecule has 0 spiro atoms. The van der Waals surface area contributed by atoms with Crippen molar-refractivity contribution in [2.24, 2.45) is 0 Å². The van der Waals surface area contributed by atoms with Crippen molar-refractivity contribution in [3.63, 3.8) is 0 Å². The number of rotatable bonds is 5. The molecule has 0 aliphatic heterocycles. The summed E-state index contributed by atoms with van der Waals surface area (Å²) < 4.78 is 0. The number of amides is 2. The quantitative estimate of drug-likeness (QED) is 0.776. The molecule has 0 fully saturated rings. The standard InChI is InChI=1S/C18H16Cl2N2O2/c1-12(13-5-3-2-4-6-13)21-17(23)9-10-18(24)22-14-7-8-15(19)16(20)11-14/h2-12H,1H3,(H,21,23)(H,22,24)/b10-9-/t12-/m0/s1. The normalized spacial score (nSPS) is 12.0. The maximum Gasteiger partial charge on any atom is 0.248 e. The molecule has 124 valence electrons. The maximum atomic E-state index is 11.9. The number of benzene rings is 2. The largest absolute Gasteiger partial charge is 0.346 e. The highest BCUT2D eigenvalue weighted by molar-refractivity contribution is 6.42. The Hall–Kier alpha value is -2.30. The van der Waals surface area contributed by atoms with Gasteiger partial charge < -0.3 is 10.6 Å². The second kappa shape index (κ2) is 8.52. The molecule has 0 saturated heterocycles. The van der Waals surface area contributed by atoms with Crippen molar-refractivity contribution in [1.29, 1.82) is 0 Å². The van der Waals surface area contributed by atoms with E-state index in [9.17, 15) is 9.59 Å². The van der Waals surface area contributed by atoms with Crippen LogP contribution in [0.4, 0.5) is 5.69 Å². The second-order valence-corrected chi connectivity index (χ2v) is 5.91. The number of nitrogens with one attached hydrogen (secondary N) is 2. The third kappa shape index (κ3) is 5.41. The maximum absolute atomic E-state index is 11.9. The molecule has 24 heavy (non-hydrogen) atoms. The lowest BCUT2D eigenvalue weighted by Gasteiger charge is -2.12. The van der Waals surface area contributed by atoms with Gasteiger partial charge in [0.2, 0.25) is 11.8 Å². The van der Waals surface area contributed by atoms with Crippen LogP contribution in [-0.4, -0.2) is 11.8 Å². The average molecular weight is 363 g/mol. The summed E-state index contributed by atoms with van der Waals surface area (Å²) in [6.45, 7) is 1.87. The first kappa shape index (κ1) is 18.0. The molecular weight excluding hydrogens is 347 g/mol. The van der Waals surface area contributed by atoms with Crippen LogP contribution < -0.4 is 10.6 Å². The van der Waals surface area contributed by atoms with E-state index in [0.717, 1.165) is 11.6 Å². The molecule has 0 aliphatic carbocycles. The summed E-state index contributed by atoms with van der Waals surface area (Å²) in [4.78, 5) is 23.7. The first-order chi connectivity index (χ1) is 11.5. The van der Waals surface area contributed by atoms with E-state index >= 15 is 0 Å². The molecule has 0 radical (unpaired) electrons. The van der Waals surface area contributed by atoms with Gasteiger partial charge in [0.15, 0.2) is 0 Å². The highest BCUT2D eigenvalue weighted by atomic mass is 35.5. The van der Waals surface area contributed by atoms with Gasteiger partial charge in [-0.1, -0.05) is 53.5 Å². The van der Waals surface area contributed by atoms with Gasteiger partial charge in [-0.15, -0.1) is 0 Å². The molecule has 2 rings (SSSR count). The Morgan fingerprint density at radius 2 is 1.62 bits per heavy atom. The van der Waals surface area contributed by atoms with Gasteiger partial charge >= 0.3 is 0 Å². The van der Waals surface area contributed by atoms with E-state index < -0.39 is 5.91 Å². The fourth-order valence-electron chi connectivity index (χ4n) is 2.00. The molecule has 0 aliphatic rings. The van der Waals surface area contributed by atoms with E-state index in [4.69, 9.17) is 23.2 Å². The van der Waals surface area contributed by atoms with Crippen LogP contribution in [0.25, 0.3) is 0 Å². The zero-order valence-electron chi connectivity index (χ0n) is 12.9. The Kier molecular flexibility index (Phi) is 6.41. The van der Waals surface area contributed by atoms with E-state index in [-0.39, 0.29) is 11.9 Å². The third-order valence-corrected chi connectivity index (χ3v) is 3.97. The molecule has 2 aromatic carbocycles. The lowest BCUT2D eigenvalue weighted by Crippen LogP contribution is -2.25. The van der Waals surface area contributed by atoms with E-state index in [1.165, 1.54) is 12.1 Å². The van der Waals surface area contributed by atoms with Crippen LogP contribution in [0.1, 0.15) is 18.5 Å². The van der Waals surface area contributed by atoms with Crippen LogP contribution in [0.3, 0.4) is 0 Å². The topological polar surface area (TPSA) is 58.2 Å². The van der Waals surface area contributed by atoms with Gasteiger partial charge in [-0.05, 0) is 30.7 Å². The van der Waals surface area contributed by atoms with Crippen molar-refractivity contribution in [1.82, 2.24) is 5.32 Å². The van der Waals surface area contributed by atoms with Gasteiger partial charge in [0, 0.05) is 17.8 Å². The molecule has 0 heterocycles. The van der Waals surface area contributed by atoms with Crippen molar-refractivity contribution in [3.05, 3.63) is 76.3 Å². The summed E-state index contributed by atoms with van der Waals surface area (Å²) in [7, 11) is 0. The highest BCUT2D eigenvalue weighted by Crippen LogP contribution is 2.24. The molecule has 2 amide bonds. The number of carbonyl (C=O) groups excluding carboxylic acids is 2. The van der Waals surface area contributed by atoms with Crippen LogP contribution in [0.5, 0.6) is 0 Å². The van der Waals surface area contributed by atoms with E-state index in [1.807, 2.05) is 37.3 Å². The van der Waals surface area contributed by atoms with Crippen molar-refractivity contribution in [3.8, 4) is 0 Å². The number of hydrogen-bond donors (Lipinski definition) is 2. The van der Waals surface area contributed by atoms with E-state index in [1.54, 1.807) is 12.1 Å². The van der Waals surface area contributed by atoms with Crippen LogP contribution >= 0.6 is 23.2 Å². The van der Waals surface area contributed by atoms with Crippen LogP contribution in [0.2, 0.25) is 10.0 Å². The van der Waals surface area contributed by atoms with Crippen LogP contribution in [0, 0.1) is 0 Å². The molecule has 0 aromatic heterocycles. The SMILES string of the molecule is C[C@H](NC(=O)/C=C\C(=O)Nc1ccc(Cl)c(Cl)c1)c1ccccc1. The zero-order valence-corrected chi connectivity index (χ0v) is 14.4. The molecular formula is C18H16Cl2N2O2. The lowest BCUT2D eigenvalue weighted by atomic mass is 10.1. The summed E-state index contributed by atoms with van der Waals surface area (Å²) in [5.41, 5.74) is 1.48. The highest BCUT2D eigenvalue weighted by Gasteiger charge is 2.07. The number of hydrogen-bond acceptors (Lipinski definition) is 2. The minimum Gasteiger partial charge on any atom is -0.346 e. The molecule has 6 heteroatoms. The Labute approximate surface area is 150 Å². The summed E-state index contributed by atoms with van der Waals surface area (Å²) in [6, 6.07) is 14.1. The zero-order chi connectivity index (χ0) is 17.5. The molecule has 0 bridgehead atoms. The predicted molar refractivity (Wildman–Crippen MR) is 97.2 cm³/mol. The van der Waals surface area contributed by atoms with Gasteiger partial charge in [-0.2, -0.15) is 0 Å². The van der Waals surface area contributed by atoms with Gasteiger partial charge in [-0.25, -0.2) is 0 Å². The summed E-state index contributed by atoms with van der Waals surface area (Å²) in [5.74, 6) is -0.786. The fraction of sp³-hybridized carbons (Fsp3) is 0.111. The molecule has 4 nitrogen and oxygen atoms in total. The number of halogens is 2. The van der Waals surface area contributed by atoms with Gasteiger partial charge in [-0.3, -0.25) is 9.59 Å². The van der Waals surface area contributed by atoms with Gasteiger partial charge in [0.25, 0.3) is 0 Å². The van der Waals surface area contributed by atoms with Crippen molar-refractivity contribution >= 4 is 40.7 Å². The summed E-state index contributed by atoms with van der Waals surface area (Å²) >= 11 is 11.7. The number of carbonyl (C=O) groups is 2. The van der Waals surface area contributed by atoms with E-state index in [2.05, 4.69) is 10.6 Å². The minimum absolute atomic E-state index is 0.151. The molecule has 2 aromatic rings. The van der Waals surface area contributed by atoms with E-state index in [0.29, 0.717) is 15.7 Å². The first-order valence-electron chi connectivity index (χ1n) is 7.25. The Bertz CT molecular complexity index is 761. The second-order valence-electron chi connectivity index (χ2n) is 5.09. The first-order valence-corrected chi connectivity index (χ1v) is 8.01. The van der Waals surface area contributed by atoms with Crippen molar-refractivity contribution in [2.75, 3.05) is 5.32 Å². The van der Waals surface area contributed by atoms with Crippen LogP contribution in [-0.2, 0) is 9.59 Å². The minimum atomic E-state index is -0.434. The lowest BCUT2D eigenvalue weighted by molar-refractivity contribution is -0.117. The predicted octanol–water partition coefficient (Wildman–Crippen LogP) is 4.37. The van der Waals surface area contributed by atoms with Crippen molar-refractivity contribution in [2.45, 2.75) is 13.0 Å². The fourth-order valence-corrected chi connectivity index (χ4v) is 2.29. The summed E-state index contributed by atoms with van der Waals surface area (Å²) in [5, 5.41) is 6.13. The Balaban J connectivity index is 1.88. The Morgan fingerprint density at radius 1 is 0.958 bits per heavy atom. The van der Waals surface area contributed by atoms with Gasteiger partial charge in [0.05, 0.1) is 16.1 Å². The molecule has 0 unspecified atom stereocenters. The molecule has 0 saturated carbocycles. The Morgan fingerprint density at radius 3 is 2.29 bits per heavy atom. The van der Waals surface area contributed by atoms with Crippen molar-refractivity contribution < 1.29 is 9.59 Å². The van der Waals surface area contributed by atoms with Gasteiger partial charge in [0.1, 0.15) is 0 Å². The number of anilines is 1. The molecule has 2 N–H and O–H groups in total. The smallest absolute Gasteiger partial charge is 0.248 e. The van der Waals surface area contributed by atoms with Crippen LogP contribution in [0.15, 0.2) is 60.7 Å². The third-order valence-electron chi connectivity index (χ3n) is 3.23. The average Bonchev–Trinajstić information content (AvgIpc) is 2.57. The summed E-state index contributed by atoms with van der Waals surface area (Å²) in [6.07, 6.45) is 2.35. The monoisotopic (exact) mass is 362 g/mol. The molecule has 1 atom stereocenters.